The molecule has 0 aromatic carbocycles. The van der Waals surface area contributed by atoms with Gasteiger partial charge in [0, 0.05) is 17.4 Å². The molecule has 0 atom stereocenters. The predicted molar refractivity (Wildman–Crippen MR) is 76.6 cm³/mol. The van der Waals surface area contributed by atoms with Crippen LogP contribution in [0.25, 0.3) is 0 Å². The molecule has 6 heteroatoms. The fourth-order valence-corrected chi connectivity index (χ4v) is 3.17. The monoisotopic (exact) mass is 387 g/mol. The second-order valence-corrected chi connectivity index (χ2v) is 7.53. The topological polar surface area (TPSA) is 20.3 Å². The summed E-state index contributed by atoms with van der Waals surface area (Å²) < 4.78 is 1.82. The lowest BCUT2D eigenvalue weighted by atomic mass is 10.1. The molecule has 0 aliphatic carbocycles. The van der Waals surface area contributed by atoms with Crippen molar-refractivity contribution in [2.75, 3.05) is 12.9 Å². The fourth-order valence-electron chi connectivity index (χ4n) is 0.982. The zero-order valence-electron chi connectivity index (χ0n) is 9.18. The maximum Gasteiger partial charge on any atom is 0.264 e. The molecule has 0 aliphatic rings. The van der Waals surface area contributed by atoms with Gasteiger partial charge in [-0.2, -0.15) is 0 Å². The maximum absolute atomic E-state index is 12.2. The van der Waals surface area contributed by atoms with Crippen molar-refractivity contribution in [2.45, 2.75) is 19.4 Å². The first kappa shape index (κ1) is 14.5. The van der Waals surface area contributed by atoms with E-state index >= 15 is 0 Å². The predicted octanol–water partition coefficient (Wildman–Crippen LogP) is 4.36. The van der Waals surface area contributed by atoms with E-state index in [-0.39, 0.29) is 11.4 Å². The lowest BCUT2D eigenvalue weighted by Crippen LogP contribution is -2.46. The summed E-state index contributed by atoms with van der Waals surface area (Å²) in [4.78, 5) is 14.5. The molecule has 0 fully saturated rings. The van der Waals surface area contributed by atoms with Crippen LogP contribution in [0.5, 0.6) is 0 Å². The van der Waals surface area contributed by atoms with Gasteiger partial charge in [-0.1, -0.05) is 0 Å². The molecule has 1 amide bonds. The van der Waals surface area contributed by atoms with E-state index in [4.69, 9.17) is 11.6 Å². The molecule has 90 valence electrons. The SMILES string of the molecule is CN(C(=O)c1cc(Br)c(Br)s1)C(C)(C)CCl. The van der Waals surface area contributed by atoms with E-state index in [1.54, 1.807) is 11.9 Å². The minimum Gasteiger partial charge on any atom is -0.335 e. The van der Waals surface area contributed by atoms with Crippen molar-refractivity contribution in [3.8, 4) is 0 Å². The number of amides is 1. The number of halogens is 3. The summed E-state index contributed by atoms with van der Waals surface area (Å²) in [7, 11) is 1.77. The van der Waals surface area contributed by atoms with Crippen LogP contribution >= 0.6 is 54.8 Å². The highest BCUT2D eigenvalue weighted by atomic mass is 79.9. The van der Waals surface area contributed by atoms with Gasteiger partial charge in [0.1, 0.15) is 0 Å². The van der Waals surface area contributed by atoms with E-state index in [0.717, 1.165) is 8.26 Å². The molecule has 0 N–H and O–H groups in total. The third-order valence-corrected chi connectivity index (χ3v) is 6.29. The third-order valence-electron chi connectivity index (χ3n) is 2.40. The zero-order chi connectivity index (χ0) is 12.5. The molecule has 0 bridgehead atoms. The number of hydrogen-bond acceptors (Lipinski definition) is 2. The van der Waals surface area contributed by atoms with E-state index < -0.39 is 0 Å². The zero-order valence-corrected chi connectivity index (χ0v) is 13.9. The smallest absolute Gasteiger partial charge is 0.264 e. The van der Waals surface area contributed by atoms with Crippen molar-refractivity contribution in [1.82, 2.24) is 4.90 Å². The van der Waals surface area contributed by atoms with Gasteiger partial charge in [-0.25, -0.2) is 0 Å². The maximum atomic E-state index is 12.2. The Morgan fingerprint density at radius 2 is 2.12 bits per heavy atom. The Kier molecular flexibility index (Phi) is 4.87. The van der Waals surface area contributed by atoms with Gasteiger partial charge >= 0.3 is 0 Å². The molecule has 0 radical (unpaired) electrons. The Morgan fingerprint density at radius 1 is 1.56 bits per heavy atom. The number of nitrogens with zero attached hydrogens (tertiary/aromatic N) is 1. The van der Waals surface area contributed by atoms with Crippen LogP contribution in [0.2, 0.25) is 0 Å². The number of hydrogen-bond donors (Lipinski definition) is 0. The van der Waals surface area contributed by atoms with E-state index in [2.05, 4.69) is 31.9 Å². The van der Waals surface area contributed by atoms with Crippen LogP contribution in [0.1, 0.15) is 23.5 Å². The molecular formula is C10H12Br2ClNOS. The van der Waals surface area contributed by atoms with Gasteiger partial charge in [-0.05, 0) is 51.8 Å². The quantitative estimate of drug-likeness (QED) is 0.704. The van der Waals surface area contributed by atoms with Crippen LogP contribution < -0.4 is 0 Å². The Hall–Kier alpha value is 0.420. The summed E-state index contributed by atoms with van der Waals surface area (Å²) in [6, 6.07) is 1.82. The molecule has 0 aliphatic heterocycles. The van der Waals surface area contributed by atoms with Gasteiger partial charge in [0.25, 0.3) is 5.91 Å². The third kappa shape index (κ3) is 3.00. The van der Waals surface area contributed by atoms with Gasteiger partial charge in [0.15, 0.2) is 0 Å². The van der Waals surface area contributed by atoms with Crippen molar-refractivity contribution < 1.29 is 4.79 Å². The van der Waals surface area contributed by atoms with Gasteiger partial charge in [0.2, 0.25) is 0 Å². The van der Waals surface area contributed by atoms with Crippen molar-refractivity contribution in [1.29, 1.82) is 0 Å². The number of carbonyl (C=O) groups excluding carboxylic acids is 1. The first-order chi connectivity index (χ1) is 7.29. The van der Waals surface area contributed by atoms with Crippen LogP contribution in [0.4, 0.5) is 0 Å². The molecule has 0 saturated heterocycles. The van der Waals surface area contributed by atoms with Crippen LogP contribution in [0, 0.1) is 0 Å². The molecule has 1 rings (SSSR count). The average molecular weight is 390 g/mol. The van der Waals surface area contributed by atoms with E-state index in [1.807, 2.05) is 19.9 Å². The van der Waals surface area contributed by atoms with Crippen LogP contribution in [-0.4, -0.2) is 29.3 Å². The van der Waals surface area contributed by atoms with Gasteiger partial charge in [-0.15, -0.1) is 22.9 Å². The molecule has 1 aromatic rings. The van der Waals surface area contributed by atoms with E-state index in [1.165, 1.54) is 11.3 Å². The van der Waals surface area contributed by atoms with Crippen LogP contribution in [-0.2, 0) is 0 Å². The number of thiophene rings is 1. The first-order valence-electron chi connectivity index (χ1n) is 4.58. The Balaban J connectivity index is 2.94. The van der Waals surface area contributed by atoms with Crippen LogP contribution in [0.15, 0.2) is 14.3 Å². The highest BCUT2D eigenvalue weighted by molar-refractivity contribution is 9.13. The lowest BCUT2D eigenvalue weighted by Gasteiger charge is -2.33. The van der Waals surface area contributed by atoms with Gasteiger partial charge in [0.05, 0.1) is 14.2 Å². The Bertz CT molecular complexity index is 386. The summed E-state index contributed by atoms with van der Waals surface area (Å²) in [6.07, 6.45) is 0. The first-order valence-corrected chi connectivity index (χ1v) is 7.52. The summed E-state index contributed by atoms with van der Waals surface area (Å²) >= 11 is 14.0. The minimum atomic E-state index is -0.346. The second-order valence-electron chi connectivity index (χ2n) is 4.04. The Morgan fingerprint density at radius 3 is 2.50 bits per heavy atom. The summed E-state index contributed by atoms with van der Waals surface area (Å²) in [5.74, 6) is 0.394. The molecular weight excluding hydrogens is 377 g/mol. The molecule has 16 heavy (non-hydrogen) atoms. The molecule has 1 heterocycles. The molecule has 0 unspecified atom stereocenters. The summed E-state index contributed by atoms with van der Waals surface area (Å²) in [5.41, 5.74) is -0.346. The lowest BCUT2D eigenvalue weighted by molar-refractivity contribution is 0.0665. The highest BCUT2D eigenvalue weighted by Crippen LogP contribution is 2.33. The second kappa shape index (κ2) is 5.38. The number of carbonyl (C=O) groups is 1. The normalized spacial score (nSPS) is 11.6. The van der Waals surface area contributed by atoms with E-state index in [9.17, 15) is 4.79 Å². The largest absolute Gasteiger partial charge is 0.335 e. The molecule has 0 spiro atoms. The van der Waals surface area contributed by atoms with Gasteiger partial charge < -0.3 is 4.90 Å². The number of rotatable bonds is 3. The standard InChI is InChI=1S/C10H12Br2ClNOS/c1-10(2,5-13)14(3)9(15)7-4-6(11)8(12)16-7/h4H,5H2,1-3H3. The van der Waals surface area contributed by atoms with Crippen LogP contribution in [0.3, 0.4) is 0 Å². The minimum absolute atomic E-state index is 0.0120. The summed E-state index contributed by atoms with van der Waals surface area (Å²) in [6.45, 7) is 3.88. The summed E-state index contributed by atoms with van der Waals surface area (Å²) in [5, 5.41) is 0. The van der Waals surface area contributed by atoms with Crippen molar-refractivity contribution >= 4 is 60.7 Å². The number of alkyl halides is 1. The Labute approximate surface area is 121 Å². The molecule has 1 aromatic heterocycles. The fraction of sp³-hybridized carbons (Fsp3) is 0.500. The van der Waals surface area contributed by atoms with Crippen molar-refractivity contribution in [3.05, 3.63) is 19.2 Å². The van der Waals surface area contributed by atoms with Crippen molar-refractivity contribution in [3.63, 3.8) is 0 Å². The van der Waals surface area contributed by atoms with Crippen molar-refractivity contribution in [2.24, 2.45) is 0 Å². The average Bonchev–Trinajstić information content (AvgIpc) is 2.57. The van der Waals surface area contributed by atoms with E-state index in [0.29, 0.717) is 10.8 Å². The highest BCUT2D eigenvalue weighted by Gasteiger charge is 2.28. The molecule has 0 saturated carbocycles. The van der Waals surface area contributed by atoms with Gasteiger partial charge in [-0.3, -0.25) is 4.79 Å². The molecule has 2 nitrogen and oxygen atoms in total.